The molecule has 1 aromatic carbocycles. The molecule has 0 aromatic heterocycles. The van der Waals surface area contributed by atoms with E-state index in [4.69, 9.17) is 4.74 Å². The zero-order valence-corrected chi connectivity index (χ0v) is 12.5. The van der Waals surface area contributed by atoms with Gasteiger partial charge in [-0.1, -0.05) is 0 Å². The highest BCUT2D eigenvalue weighted by Crippen LogP contribution is 2.23. The van der Waals surface area contributed by atoms with Crippen molar-refractivity contribution in [3.8, 4) is 5.75 Å². The Bertz CT molecular complexity index is 535. The molecule has 0 unspecified atom stereocenters. The number of hydroxylamine groups is 2. The van der Waals surface area contributed by atoms with Gasteiger partial charge in [-0.25, -0.2) is 5.06 Å². The van der Waals surface area contributed by atoms with Gasteiger partial charge in [0, 0.05) is 11.0 Å². The number of methoxy groups -OCH3 is 1. The quantitative estimate of drug-likeness (QED) is 0.817. The van der Waals surface area contributed by atoms with Gasteiger partial charge in [0.2, 0.25) is 0 Å². The third-order valence-electron chi connectivity index (χ3n) is 3.14. The van der Waals surface area contributed by atoms with Gasteiger partial charge < -0.3 is 10.1 Å². The van der Waals surface area contributed by atoms with Crippen molar-refractivity contribution in [2.75, 3.05) is 13.7 Å². The predicted octanol–water partition coefficient (Wildman–Crippen LogP) is 1.57. The van der Waals surface area contributed by atoms with Crippen molar-refractivity contribution in [1.29, 1.82) is 0 Å². The Morgan fingerprint density at radius 3 is 3.00 bits per heavy atom. The summed E-state index contributed by atoms with van der Waals surface area (Å²) >= 11 is 3.29. The number of hydrogen-bond donors (Lipinski definition) is 2. The van der Waals surface area contributed by atoms with Crippen molar-refractivity contribution < 1.29 is 19.5 Å². The van der Waals surface area contributed by atoms with Crippen LogP contribution in [0.15, 0.2) is 22.7 Å². The zero-order valence-electron chi connectivity index (χ0n) is 10.9. The molecule has 2 N–H and O–H groups in total. The number of nitrogens with zero attached hydrogens (tertiary/aromatic N) is 1. The second-order valence-electron chi connectivity index (χ2n) is 4.48. The van der Waals surface area contributed by atoms with Gasteiger partial charge in [0.05, 0.1) is 12.7 Å². The second kappa shape index (κ2) is 6.23. The van der Waals surface area contributed by atoms with Crippen LogP contribution in [0, 0.1) is 0 Å². The van der Waals surface area contributed by atoms with E-state index >= 15 is 0 Å². The largest absolute Gasteiger partial charge is 0.497 e. The molecule has 1 saturated heterocycles. The first-order valence-electron chi connectivity index (χ1n) is 6.17. The average Bonchev–Trinajstić information content (AvgIpc) is 2.44. The summed E-state index contributed by atoms with van der Waals surface area (Å²) in [4.78, 5) is 23.9. The number of ether oxygens (including phenoxy) is 1. The predicted molar refractivity (Wildman–Crippen MR) is 74.7 cm³/mol. The Morgan fingerprint density at radius 2 is 2.30 bits per heavy atom. The van der Waals surface area contributed by atoms with Crippen LogP contribution in [-0.2, 0) is 4.79 Å². The first-order chi connectivity index (χ1) is 9.52. The first kappa shape index (κ1) is 14.8. The van der Waals surface area contributed by atoms with Crippen molar-refractivity contribution in [2.45, 2.75) is 18.9 Å². The molecule has 108 valence electrons. The molecule has 0 spiro atoms. The number of amides is 2. The topological polar surface area (TPSA) is 78.9 Å². The van der Waals surface area contributed by atoms with Crippen molar-refractivity contribution in [3.63, 3.8) is 0 Å². The first-order valence-corrected chi connectivity index (χ1v) is 6.97. The van der Waals surface area contributed by atoms with Gasteiger partial charge in [-0.15, -0.1) is 0 Å². The van der Waals surface area contributed by atoms with E-state index in [1.807, 2.05) is 0 Å². The number of carbonyl (C=O) groups is 2. The van der Waals surface area contributed by atoms with Gasteiger partial charge in [0.1, 0.15) is 11.8 Å². The molecule has 1 heterocycles. The fourth-order valence-electron chi connectivity index (χ4n) is 2.03. The highest BCUT2D eigenvalue weighted by Gasteiger charge is 2.29. The maximum absolute atomic E-state index is 12.2. The van der Waals surface area contributed by atoms with E-state index in [2.05, 4.69) is 21.2 Å². The molecule has 1 aliphatic rings. The van der Waals surface area contributed by atoms with Gasteiger partial charge >= 0.3 is 0 Å². The summed E-state index contributed by atoms with van der Waals surface area (Å²) in [5, 5.41) is 12.7. The lowest BCUT2D eigenvalue weighted by Gasteiger charge is -2.27. The lowest BCUT2D eigenvalue weighted by atomic mass is 10.1. The van der Waals surface area contributed by atoms with E-state index in [0.29, 0.717) is 40.2 Å². The standard InChI is InChI=1S/C13H15BrN2O4/c1-20-8-4-5-10(14)9(7-8)12(17)15-11-3-2-6-16(19)13(11)18/h4-5,7,11,19H,2-3,6H2,1H3,(H,15,17)/t11-/m0/s1. The van der Waals surface area contributed by atoms with Crippen molar-refractivity contribution >= 4 is 27.7 Å². The summed E-state index contributed by atoms with van der Waals surface area (Å²) in [5.74, 6) is -0.315. The van der Waals surface area contributed by atoms with Crippen molar-refractivity contribution in [1.82, 2.24) is 10.4 Å². The van der Waals surface area contributed by atoms with Crippen LogP contribution in [0.1, 0.15) is 23.2 Å². The Labute approximate surface area is 124 Å². The lowest BCUT2D eigenvalue weighted by molar-refractivity contribution is -0.172. The van der Waals surface area contributed by atoms with E-state index in [1.165, 1.54) is 7.11 Å². The maximum Gasteiger partial charge on any atom is 0.268 e. The SMILES string of the molecule is COc1ccc(Br)c(C(=O)N[C@H]2CCCN(O)C2=O)c1. The van der Waals surface area contributed by atoms with Crippen LogP contribution in [0.3, 0.4) is 0 Å². The molecule has 1 aromatic rings. The number of nitrogens with one attached hydrogen (secondary N) is 1. The van der Waals surface area contributed by atoms with Gasteiger partial charge in [-0.05, 0) is 47.0 Å². The highest BCUT2D eigenvalue weighted by atomic mass is 79.9. The van der Waals surface area contributed by atoms with Crippen LogP contribution in [0.2, 0.25) is 0 Å². The average molecular weight is 343 g/mol. The molecule has 2 rings (SSSR count). The van der Waals surface area contributed by atoms with Gasteiger partial charge in [-0.2, -0.15) is 0 Å². The molecule has 6 nitrogen and oxygen atoms in total. The summed E-state index contributed by atoms with van der Waals surface area (Å²) in [6, 6.07) is 4.32. The van der Waals surface area contributed by atoms with E-state index < -0.39 is 11.9 Å². The molecule has 0 bridgehead atoms. The van der Waals surface area contributed by atoms with Gasteiger partial charge in [-0.3, -0.25) is 14.8 Å². The van der Waals surface area contributed by atoms with Crippen LogP contribution in [0.25, 0.3) is 0 Å². The minimum atomic E-state index is -0.695. The fraction of sp³-hybridized carbons (Fsp3) is 0.385. The molecule has 0 aliphatic carbocycles. The van der Waals surface area contributed by atoms with E-state index in [9.17, 15) is 14.8 Å². The molecule has 1 atom stereocenters. The van der Waals surface area contributed by atoms with Gasteiger partial charge in [0.15, 0.2) is 0 Å². The van der Waals surface area contributed by atoms with Crippen molar-refractivity contribution in [3.05, 3.63) is 28.2 Å². The molecule has 0 radical (unpaired) electrons. The fourth-order valence-corrected chi connectivity index (χ4v) is 2.46. The molecular formula is C13H15BrN2O4. The minimum absolute atomic E-state index is 0.300. The number of carbonyl (C=O) groups excluding carboxylic acids is 2. The van der Waals surface area contributed by atoms with Crippen LogP contribution in [-0.4, -0.2) is 41.8 Å². The molecule has 1 aliphatic heterocycles. The highest BCUT2D eigenvalue weighted by molar-refractivity contribution is 9.10. The summed E-state index contributed by atoms with van der Waals surface area (Å²) in [5.41, 5.74) is 0.382. The van der Waals surface area contributed by atoms with Crippen LogP contribution >= 0.6 is 15.9 Å². The summed E-state index contributed by atoms with van der Waals surface area (Å²) in [7, 11) is 1.51. The van der Waals surface area contributed by atoms with E-state index in [0.717, 1.165) is 0 Å². The Morgan fingerprint density at radius 1 is 1.55 bits per heavy atom. The third-order valence-corrected chi connectivity index (χ3v) is 3.83. The number of rotatable bonds is 3. The second-order valence-corrected chi connectivity index (χ2v) is 5.33. The lowest BCUT2D eigenvalue weighted by Crippen LogP contribution is -2.51. The smallest absolute Gasteiger partial charge is 0.268 e. The van der Waals surface area contributed by atoms with E-state index in [1.54, 1.807) is 18.2 Å². The number of piperidine rings is 1. The maximum atomic E-state index is 12.2. The molecule has 2 amide bonds. The minimum Gasteiger partial charge on any atom is -0.497 e. The third kappa shape index (κ3) is 3.10. The summed E-state index contributed by atoms with van der Waals surface area (Å²) < 4.78 is 5.68. The van der Waals surface area contributed by atoms with Crippen LogP contribution in [0.4, 0.5) is 0 Å². The molecule has 20 heavy (non-hydrogen) atoms. The Hall–Kier alpha value is -1.60. The Balaban J connectivity index is 2.13. The van der Waals surface area contributed by atoms with Crippen molar-refractivity contribution in [2.24, 2.45) is 0 Å². The Kier molecular flexibility index (Phi) is 4.61. The molecular weight excluding hydrogens is 328 g/mol. The normalized spacial score (nSPS) is 18.9. The number of halogens is 1. The van der Waals surface area contributed by atoms with E-state index in [-0.39, 0.29) is 5.91 Å². The molecule has 1 fully saturated rings. The number of benzene rings is 1. The van der Waals surface area contributed by atoms with Crippen LogP contribution in [0.5, 0.6) is 5.75 Å². The summed E-state index contributed by atoms with van der Waals surface area (Å²) in [6.07, 6.45) is 1.16. The monoisotopic (exact) mass is 342 g/mol. The zero-order chi connectivity index (χ0) is 14.7. The molecule has 0 saturated carbocycles. The molecule has 7 heteroatoms. The van der Waals surface area contributed by atoms with Crippen LogP contribution < -0.4 is 10.1 Å². The summed E-state index contributed by atoms with van der Waals surface area (Å²) in [6.45, 7) is 0.300. The number of hydrogen-bond acceptors (Lipinski definition) is 4. The van der Waals surface area contributed by atoms with Gasteiger partial charge in [0.25, 0.3) is 11.8 Å².